The van der Waals surface area contributed by atoms with Crippen LogP contribution < -0.4 is 15.8 Å². The van der Waals surface area contributed by atoms with Crippen molar-refractivity contribution in [3.8, 4) is 5.75 Å². The molecule has 0 amide bonds. The van der Waals surface area contributed by atoms with Crippen LogP contribution in [-0.2, 0) is 6.54 Å². The van der Waals surface area contributed by atoms with Gasteiger partial charge in [-0.2, -0.15) is 0 Å². The van der Waals surface area contributed by atoms with E-state index in [9.17, 15) is 0 Å². The van der Waals surface area contributed by atoms with Gasteiger partial charge in [-0.05, 0) is 43.9 Å². The number of ether oxygens (including phenoxy) is 1. The van der Waals surface area contributed by atoms with Crippen LogP contribution in [-0.4, -0.2) is 24.2 Å². The maximum absolute atomic E-state index is 8.78. The van der Waals surface area contributed by atoms with Crippen LogP contribution in [0.15, 0.2) is 23.4 Å². The molecule has 0 aliphatic heterocycles. The topological polar surface area (TPSA) is 79.9 Å². The molecule has 116 valence electrons. The Kier molecular flexibility index (Phi) is 5.44. The quantitative estimate of drug-likeness (QED) is 0.325. The van der Waals surface area contributed by atoms with E-state index in [4.69, 9.17) is 15.7 Å². The summed E-state index contributed by atoms with van der Waals surface area (Å²) in [5.74, 6) is 1.70. The van der Waals surface area contributed by atoms with Gasteiger partial charge in [0.2, 0.25) is 0 Å². The van der Waals surface area contributed by atoms with Gasteiger partial charge in [-0.25, -0.2) is 0 Å². The molecule has 0 spiro atoms. The third-order valence-electron chi connectivity index (χ3n) is 4.41. The van der Waals surface area contributed by atoms with E-state index in [1.54, 1.807) is 13.2 Å². The van der Waals surface area contributed by atoms with E-state index >= 15 is 0 Å². The average molecular weight is 291 g/mol. The number of nitrogens with two attached hydrogens (primary N) is 1. The van der Waals surface area contributed by atoms with E-state index in [0.717, 1.165) is 17.2 Å². The van der Waals surface area contributed by atoms with E-state index in [1.807, 2.05) is 12.1 Å². The first-order valence-corrected chi connectivity index (χ1v) is 7.54. The van der Waals surface area contributed by atoms with Gasteiger partial charge in [0, 0.05) is 23.7 Å². The van der Waals surface area contributed by atoms with Crippen molar-refractivity contribution < 1.29 is 9.94 Å². The molecule has 21 heavy (non-hydrogen) atoms. The molecule has 0 heterocycles. The Labute approximate surface area is 126 Å². The average Bonchev–Trinajstić information content (AvgIpc) is 3.06. The first-order chi connectivity index (χ1) is 10.2. The second kappa shape index (κ2) is 7.31. The second-order valence-corrected chi connectivity index (χ2v) is 5.73. The van der Waals surface area contributed by atoms with Gasteiger partial charge in [-0.15, -0.1) is 0 Å². The van der Waals surface area contributed by atoms with Crippen LogP contribution >= 0.6 is 0 Å². The Hall–Kier alpha value is -1.75. The SMILES string of the molecule is COc1ccc(/C(N)=N/O)cc1CN[C@@H](C)C1CCCC1. The lowest BCUT2D eigenvalue weighted by molar-refractivity contribution is 0.318. The minimum absolute atomic E-state index is 0.114. The number of hydrogen-bond donors (Lipinski definition) is 3. The molecule has 0 aromatic heterocycles. The standard InChI is InChI=1S/C16H25N3O2/c1-11(12-5-3-4-6-12)18-10-14-9-13(16(17)19-20)7-8-15(14)21-2/h7-9,11-12,18,20H,3-6,10H2,1-2H3,(H2,17,19)/t11-/m0/s1. The molecular weight excluding hydrogens is 266 g/mol. The summed E-state index contributed by atoms with van der Waals surface area (Å²) < 4.78 is 5.39. The summed E-state index contributed by atoms with van der Waals surface area (Å²) in [6, 6.07) is 6.04. The lowest BCUT2D eigenvalue weighted by Gasteiger charge is -2.21. The van der Waals surface area contributed by atoms with Crippen molar-refractivity contribution in [3.63, 3.8) is 0 Å². The lowest BCUT2D eigenvalue weighted by atomic mass is 9.99. The summed E-state index contributed by atoms with van der Waals surface area (Å²) in [5.41, 5.74) is 7.37. The summed E-state index contributed by atoms with van der Waals surface area (Å²) in [7, 11) is 1.66. The Morgan fingerprint density at radius 1 is 1.48 bits per heavy atom. The fourth-order valence-electron chi connectivity index (χ4n) is 3.03. The van der Waals surface area contributed by atoms with Gasteiger partial charge < -0.3 is 21.0 Å². The molecule has 5 nitrogen and oxygen atoms in total. The number of methoxy groups -OCH3 is 1. The molecule has 1 atom stereocenters. The predicted molar refractivity (Wildman–Crippen MR) is 83.8 cm³/mol. The van der Waals surface area contributed by atoms with Crippen molar-refractivity contribution in [2.45, 2.75) is 45.2 Å². The smallest absolute Gasteiger partial charge is 0.170 e. The molecule has 1 aliphatic rings. The number of hydrogen-bond acceptors (Lipinski definition) is 4. The molecule has 0 bridgehead atoms. The zero-order valence-electron chi connectivity index (χ0n) is 12.8. The zero-order valence-corrected chi connectivity index (χ0v) is 12.8. The maximum atomic E-state index is 8.78. The second-order valence-electron chi connectivity index (χ2n) is 5.73. The number of nitrogens with one attached hydrogen (secondary N) is 1. The maximum Gasteiger partial charge on any atom is 0.170 e. The summed E-state index contributed by atoms with van der Waals surface area (Å²) in [5, 5.41) is 15.4. The molecule has 2 rings (SSSR count). The third-order valence-corrected chi connectivity index (χ3v) is 4.41. The molecule has 0 unspecified atom stereocenters. The normalized spacial score (nSPS) is 17.9. The van der Waals surface area contributed by atoms with Gasteiger partial charge in [0.15, 0.2) is 5.84 Å². The van der Waals surface area contributed by atoms with Gasteiger partial charge >= 0.3 is 0 Å². The number of benzene rings is 1. The van der Waals surface area contributed by atoms with Crippen LogP contribution in [0, 0.1) is 5.92 Å². The van der Waals surface area contributed by atoms with E-state index in [1.165, 1.54) is 25.7 Å². The van der Waals surface area contributed by atoms with Crippen molar-refractivity contribution in [3.05, 3.63) is 29.3 Å². The van der Waals surface area contributed by atoms with Crippen LogP contribution in [0.2, 0.25) is 0 Å². The monoisotopic (exact) mass is 291 g/mol. The minimum Gasteiger partial charge on any atom is -0.496 e. The summed E-state index contributed by atoms with van der Waals surface area (Å²) in [6.07, 6.45) is 5.32. The number of oxime groups is 1. The number of amidine groups is 1. The van der Waals surface area contributed by atoms with E-state index in [-0.39, 0.29) is 5.84 Å². The van der Waals surface area contributed by atoms with Crippen molar-refractivity contribution in [2.75, 3.05) is 7.11 Å². The van der Waals surface area contributed by atoms with Gasteiger partial charge in [-0.3, -0.25) is 0 Å². The molecule has 1 aliphatic carbocycles. The van der Waals surface area contributed by atoms with Crippen LogP contribution in [0.4, 0.5) is 0 Å². The molecular formula is C16H25N3O2. The first-order valence-electron chi connectivity index (χ1n) is 7.54. The molecule has 1 fully saturated rings. The van der Waals surface area contributed by atoms with E-state index < -0.39 is 0 Å². The van der Waals surface area contributed by atoms with Gasteiger partial charge in [0.25, 0.3) is 0 Å². The van der Waals surface area contributed by atoms with Gasteiger partial charge in [0.05, 0.1) is 7.11 Å². The summed E-state index contributed by atoms with van der Waals surface area (Å²) in [4.78, 5) is 0. The van der Waals surface area contributed by atoms with Gasteiger partial charge in [-0.1, -0.05) is 18.0 Å². The highest BCUT2D eigenvalue weighted by Crippen LogP contribution is 2.28. The molecule has 0 saturated heterocycles. The van der Waals surface area contributed by atoms with Crippen LogP contribution in [0.1, 0.15) is 43.7 Å². The van der Waals surface area contributed by atoms with Crippen molar-refractivity contribution in [1.82, 2.24) is 5.32 Å². The Morgan fingerprint density at radius 3 is 2.81 bits per heavy atom. The largest absolute Gasteiger partial charge is 0.496 e. The summed E-state index contributed by atoms with van der Waals surface area (Å²) in [6.45, 7) is 2.96. The lowest BCUT2D eigenvalue weighted by Crippen LogP contribution is -2.32. The molecule has 1 aromatic rings. The number of nitrogens with zero attached hydrogens (tertiary/aromatic N) is 1. The van der Waals surface area contributed by atoms with E-state index in [2.05, 4.69) is 17.4 Å². The van der Waals surface area contributed by atoms with Crippen molar-refractivity contribution in [1.29, 1.82) is 0 Å². The molecule has 1 aromatic carbocycles. The minimum atomic E-state index is 0.114. The Balaban J connectivity index is 2.06. The van der Waals surface area contributed by atoms with Crippen molar-refractivity contribution >= 4 is 5.84 Å². The van der Waals surface area contributed by atoms with E-state index in [0.29, 0.717) is 18.2 Å². The van der Waals surface area contributed by atoms with Crippen molar-refractivity contribution in [2.24, 2.45) is 16.8 Å². The van der Waals surface area contributed by atoms with Crippen LogP contribution in [0.5, 0.6) is 5.75 Å². The predicted octanol–water partition coefficient (Wildman–Crippen LogP) is 2.46. The fourth-order valence-corrected chi connectivity index (χ4v) is 3.03. The molecule has 1 saturated carbocycles. The highest BCUT2D eigenvalue weighted by atomic mass is 16.5. The van der Waals surface area contributed by atoms with Gasteiger partial charge in [0.1, 0.15) is 5.75 Å². The molecule has 4 N–H and O–H groups in total. The summed E-state index contributed by atoms with van der Waals surface area (Å²) >= 11 is 0. The molecule has 5 heteroatoms. The van der Waals surface area contributed by atoms with Crippen LogP contribution in [0.3, 0.4) is 0 Å². The highest BCUT2D eigenvalue weighted by Gasteiger charge is 2.21. The third kappa shape index (κ3) is 3.88. The highest BCUT2D eigenvalue weighted by molar-refractivity contribution is 5.97. The molecule has 0 radical (unpaired) electrons. The van der Waals surface area contributed by atoms with Crippen LogP contribution in [0.25, 0.3) is 0 Å². The fraction of sp³-hybridized carbons (Fsp3) is 0.562. The zero-order chi connectivity index (χ0) is 15.2. The Morgan fingerprint density at radius 2 is 2.19 bits per heavy atom. The number of rotatable bonds is 6. The Bertz CT molecular complexity index is 496. The first kappa shape index (κ1) is 15.6.